The first-order chi connectivity index (χ1) is 17.5. The van der Waals surface area contributed by atoms with Crippen molar-refractivity contribution in [3.05, 3.63) is 46.2 Å². The monoisotopic (exact) mass is 498 g/mol. The molecule has 1 N–H and O–H groups in total. The quantitative estimate of drug-likeness (QED) is 0.456. The minimum absolute atomic E-state index is 0.0433. The van der Waals surface area contributed by atoms with E-state index in [0.29, 0.717) is 51.5 Å². The molecule has 8 heteroatoms. The molecular formula is C28H38N2O6. The summed E-state index contributed by atoms with van der Waals surface area (Å²) in [5, 5.41) is 9.18. The Balaban J connectivity index is 1.44. The van der Waals surface area contributed by atoms with E-state index in [2.05, 4.69) is 0 Å². The molecule has 196 valence electrons. The molecule has 36 heavy (non-hydrogen) atoms. The third kappa shape index (κ3) is 6.39. The number of carbonyl (C=O) groups is 2. The van der Waals surface area contributed by atoms with Crippen molar-refractivity contribution in [3.63, 3.8) is 0 Å². The molecule has 2 aromatic rings. The Hall–Kier alpha value is -3.03. The molecule has 0 saturated heterocycles. The highest BCUT2D eigenvalue weighted by Gasteiger charge is 2.27. The first-order valence-corrected chi connectivity index (χ1v) is 13.3. The van der Waals surface area contributed by atoms with Crippen LogP contribution in [0.1, 0.15) is 91.8 Å². The van der Waals surface area contributed by atoms with Gasteiger partial charge >= 0.3 is 12.1 Å². The van der Waals surface area contributed by atoms with Crippen LogP contribution in [0.25, 0.3) is 0 Å². The van der Waals surface area contributed by atoms with Gasteiger partial charge in [0.25, 0.3) is 0 Å². The number of rotatable bonds is 10. The molecule has 1 fully saturated rings. The first kappa shape index (κ1) is 26.0. The number of aromatic nitrogens is 1. The van der Waals surface area contributed by atoms with Gasteiger partial charge < -0.3 is 23.9 Å². The van der Waals surface area contributed by atoms with E-state index in [-0.39, 0.29) is 12.5 Å². The zero-order valence-electron chi connectivity index (χ0n) is 21.5. The highest BCUT2D eigenvalue weighted by Crippen LogP contribution is 2.34. The molecule has 0 radical (unpaired) electrons. The number of hydrogen-bond donors (Lipinski definition) is 1. The van der Waals surface area contributed by atoms with Crippen LogP contribution in [0.2, 0.25) is 0 Å². The molecule has 0 unspecified atom stereocenters. The molecule has 1 aliphatic heterocycles. The average Bonchev–Trinajstić information content (AvgIpc) is 3.27. The van der Waals surface area contributed by atoms with Crippen molar-refractivity contribution in [2.45, 2.75) is 90.5 Å². The Kier molecular flexibility index (Phi) is 8.88. The fraction of sp³-hybridized carbons (Fsp3) is 0.607. The highest BCUT2D eigenvalue weighted by molar-refractivity contribution is 5.69. The third-order valence-corrected chi connectivity index (χ3v) is 7.22. The van der Waals surface area contributed by atoms with Gasteiger partial charge in [-0.25, -0.2) is 9.78 Å². The Morgan fingerprint density at radius 3 is 2.69 bits per heavy atom. The van der Waals surface area contributed by atoms with Crippen molar-refractivity contribution in [2.75, 3.05) is 19.8 Å². The Morgan fingerprint density at radius 2 is 1.94 bits per heavy atom. The maximum atomic E-state index is 12.5. The van der Waals surface area contributed by atoms with Crippen molar-refractivity contribution < 1.29 is 28.6 Å². The van der Waals surface area contributed by atoms with Crippen molar-refractivity contribution in [1.82, 2.24) is 9.88 Å². The molecule has 0 atom stereocenters. The van der Waals surface area contributed by atoms with Crippen molar-refractivity contribution in [3.8, 4) is 5.75 Å². The number of carbonyl (C=O) groups excluding carboxylic acids is 1. The lowest BCUT2D eigenvalue weighted by Gasteiger charge is -2.31. The second-order valence-electron chi connectivity index (χ2n) is 9.85. The third-order valence-electron chi connectivity index (χ3n) is 7.22. The lowest BCUT2D eigenvalue weighted by atomic mass is 9.89. The van der Waals surface area contributed by atoms with E-state index in [1.54, 1.807) is 4.90 Å². The number of hydrogen-bond acceptors (Lipinski definition) is 6. The van der Waals surface area contributed by atoms with Crippen LogP contribution >= 0.6 is 0 Å². The maximum Gasteiger partial charge on any atom is 0.410 e. The van der Waals surface area contributed by atoms with Crippen LogP contribution in [0.4, 0.5) is 4.79 Å². The highest BCUT2D eigenvalue weighted by atomic mass is 16.6. The lowest BCUT2D eigenvalue weighted by Crippen LogP contribution is -2.37. The van der Waals surface area contributed by atoms with Crippen molar-refractivity contribution in [2.24, 2.45) is 0 Å². The lowest BCUT2D eigenvalue weighted by molar-refractivity contribution is -0.136. The predicted molar refractivity (Wildman–Crippen MR) is 134 cm³/mol. The largest absolute Gasteiger partial charge is 0.493 e. The van der Waals surface area contributed by atoms with Gasteiger partial charge in [-0.1, -0.05) is 32.3 Å². The molecule has 1 aromatic heterocycles. The van der Waals surface area contributed by atoms with E-state index < -0.39 is 5.97 Å². The summed E-state index contributed by atoms with van der Waals surface area (Å²) in [6.07, 6.45) is 8.29. The fourth-order valence-corrected chi connectivity index (χ4v) is 5.22. The standard InChI is InChI=1S/C28H38N2O6/c1-3-16-35-28(33)30-15-13-22-23(18-30)20(10-12-26(31)32)9-11-25(22)34-17-14-24-19(2)36-27(29-24)21-7-5-4-6-8-21/h9,11,21H,3-8,10,12-18H2,1-2H3,(H,31,32). The molecule has 1 saturated carbocycles. The Morgan fingerprint density at radius 1 is 1.14 bits per heavy atom. The van der Waals surface area contributed by atoms with Gasteiger partial charge in [0.1, 0.15) is 11.5 Å². The van der Waals surface area contributed by atoms with Gasteiger partial charge in [-0.15, -0.1) is 0 Å². The van der Waals surface area contributed by atoms with E-state index >= 15 is 0 Å². The van der Waals surface area contributed by atoms with Gasteiger partial charge in [0.2, 0.25) is 0 Å². The summed E-state index contributed by atoms with van der Waals surface area (Å²) < 4.78 is 17.6. The Bertz CT molecular complexity index is 1060. The second-order valence-corrected chi connectivity index (χ2v) is 9.85. The number of aryl methyl sites for hydroxylation is 2. The molecule has 1 aromatic carbocycles. The molecule has 1 amide bonds. The number of amides is 1. The minimum atomic E-state index is -0.838. The summed E-state index contributed by atoms with van der Waals surface area (Å²) in [5.74, 6) is 2.13. The van der Waals surface area contributed by atoms with E-state index in [0.717, 1.165) is 59.0 Å². The van der Waals surface area contributed by atoms with Gasteiger partial charge in [0.05, 0.1) is 18.9 Å². The average molecular weight is 499 g/mol. The first-order valence-electron chi connectivity index (χ1n) is 13.3. The molecule has 4 rings (SSSR count). The molecule has 0 bridgehead atoms. The van der Waals surface area contributed by atoms with Gasteiger partial charge in [-0.2, -0.15) is 0 Å². The molecule has 2 aliphatic rings. The van der Waals surface area contributed by atoms with Gasteiger partial charge in [0, 0.05) is 37.4 Å². The van der Waals surface area contributed by atoms with E-state index in [4.69, 9.17) is 18.9 Å². The second kappa shape index (κ2) is 12.3. The summed E-state index contributed by atoms with van der Waals surface area (Å²) in [6, 6.07) is 3.87. The van der Waals surface area contributed by atoms with Gasteiger partial charge in [0.15, 0.2) is 5.89 Å². The summed E-state index contributed by atoms with van der Waals surface area (Å²) in [7, 11) is 0. The van der Waals surface area contributed by atoms with Gasteiger partial charge in [-0.05, 0) is 56.2 Å². The summed E-state index contributed by atoms with van der Waals surface area (Å²) in [4.78, 5) is 30.1. The van der Waals surface area contributed by atoms with E-state index in [1.165, 1.54) is 19.3 Å². The molecule has 8 nitrogen and oxygen atoms in total. The van der Waals surface area contributed by atoms with Crippen LogP contribution < -0.4 is 4.74 Å². The Labute approximate surface area is 213 Å². The summed E-state index contributed by atoms with van der Waals surface area (Å²) in [5.41, 5.74) is 3.92. The van der Waals surface area contributed by atoms with Crippen LogP contribution in [0.5, 0.6) is 5.75 Å². The van der Waals surface area contributed by atoms with E-state index in [9.17, 15) is 14.7 Å². The predicted octanol–water partition coefficient (Wildman–Crippen LogP) is 5.57. The molecule has 1 aliphatic carbocycles. The number of benzene rings is 1. The number of nitrogens with zero attached hydrogens (tertiary/aromatic N) is 2. The van der Waals surface area contributed by atoms with Crippen molar-refractivity contribution in [1.29, 1.82) is 0 Å². The number of ether oxygens (including phenoxy) is 2. The SMILES string of the molecule is CCCOC(=O)N1CCc2c(OCCc3nc(C4CCCCC4)oc3C)ccc(CCC(=O)O)c2C1. The number of oxazole rings is 1. The smallest absolute Gasteiger partial charge is 0.410 e. The fourth-order valence-electron chi connectivity index (χ4n) is 5.22. The normalized spacial score (nSPS) is 16.0. The van der Waals surface area contributed by atoms with Crippen LogP contribution in [-0.4, -0.2) is 46.8 Å². The molecular weight excluding hydrogens is 460 g/mol. The summed E-state index contributed by atoms with van der Waals surface area (Å²) >= 11 is 0. The van der Waals surface area contributed by atoms with Crippen LogP contribution in [0.3, 0.4) is 0 Å². The maximum absolute atomic E-state index is 12.5. The summed E-state index contributed by atoms with van der Waals surface area (Å²) in [6.45, 7) is 5.74. The molecule has 2 heterocycles. The van der Waals surface area contributed by atoms with Crippen LogP contribution in [0.15, 0.2) is 16.5 Å². The topological polar surface area (TPSA) is 102 Å². The van der Waals surface area contributed by atoms with E-state index in [1.807, 2.05) is 26.0 Å². The zero-order chi connectivity index (χ0) is 25.5. The number of carboxylic acid groups (broad SMARTS) is 1. The zero-order valence-corrected chi connectivity index (χ0v) is 21.5. The number of fused-ring (bicyclic) bond motifs is 1. The van der Waals surface area contributed by atoms with Gasteiger partial charge in [-0.3, -0.25) is 4.79 Å². The van der Waals surface area contributed by atoms with Crippen molar-refractivity contribution >= 4 is 12.1 Å². The van der Waals surface area contributed by atoms with Crippen LogP contribution in [0, 0.1) is 6.92 Å². The van der Waals surface area contributed by atoms with Crippen LogP contribution in [-0.2, 0) is 35.3 Å². The number of aliphatic carboxylic acids is 1. The number of carboxylic acids is 1. The minimum Gasteiger partial charge on any atom is -0.493 e. The molecule has 0 spiro atoms.